The second kappa shape index (κ2) is 3.29. The van der Waals surface area contributed by atoms with Crippen molar-refractivity contribution >= 4 is 33.9 Å². The number of imidazole rings is 1. The maximum Gasteiger partial charge on any atom is 0.194 e. The van der Waals surface area contributed by atoms with Crippen LogP contribution in [0.3, 0.4) is 0 Å². The molecule has 0 radical (unpaired) electrons. The number of thiophene rings is 1. The van der Waals surface area contributed by atoms with E-state index in [1.165, 1.54) is 4.88 Å². The highest BCUT2D eigenvalue weighted by Gasteiger charge is 2.09. The van der Waals surface area contributed by atoms with Crippen LogP contribution in [0, 0.1) is 0 Å². The summed E-state index contributed by atoms with van der Waals surface area (Å²) in [6, 6.07) is 4.08. The quantitative estimate of drug-likeness (QED) is 0.639. The minimum Gasteiger partial charge on any atom is -0.296 e. The van der Waals surface area contributed by atoms with Crippen molar-refractivity contribution in [2.24, 2.45) is 0 Å². The molecule has 3 nitrogen and oxygen atoms in total. The lowest BCUT2D eigenvalue weighted by Crippen LogP contribution is -1.80. The molecule has 5 heteroatoms. The lowest BCUT2D eigenvalue weighted by molar-refractivity contribution is 0.111. The van der Waals surface area contributed by atoms with Crippen LogP contribution in [-0.2, 0) is 0 Å². The van der Waals surface area contributed by atoms with Crippen molar-refractivity contribution in [2.75, 3.05) is 0 Å². The number of carbonyl (C=O) groups is 1. The number of carbonyl (C=O) groups excluding carboxylic acids is 1. The maximum absolute atomic E-state index is 10.6. The van der Waals surface area contributed by atoms with Crippen molar-refractivity contribution < 1.29 is 4.79 Å². The monoisotopic (exact) mass is 234 g/mol. The summed E-state index contributed by atoms with van der Waals surface area (Å²) in [6.45, 7) is 0. The molecule has 0 N–H and O–H groups in total. The zero-order chi connectivity index (χ0) is 10.3. The maximum atomic E-state index is 10.6. The van der Waals surface area contributed by atoms with E-state index in [1.54, 1.807) is 28.9 Å². The van der Waals surface area contributed by atoms with E-state index < -0.39 is 0 Å². The third kappa shape index (κ3) is 1.32. The zero-order valence-electron chi connectivity index (χ0n) is 7.58. The van der Waals surface area contributed by atoms with Gasteiger partial charge < -0.3 is 0 Å². The Hall–Kier alpha value is -1.46. The number of thiazole rings is 1. The van der Waals surface area contributed by atoms with Crippen molar-refractivity contribution in [3.63, 3.8) is 0 Å². The number of nitrogens with zero attached hydrogens (tertiary/aromatic N) is 2. The number of fused-ring (bicyclic) bond motifs is 1. The summed E-state index contributed by atoms with van der Waals surface area (Å²) in [5.74, 6) is 0. The Bertz CT molecular complexity index is 606. The average Bonchev–Trinajstić information content (AvgIpc) is 2.92. The van der Waals surface area contributed by atoms with Crippen LogP contribution < -0.4 is 0 Å². The Morgan fingerprint density at radius 2 is 2.33 bits per heavy atom. The second-order valence-corrected chi connectivity index (χ2v) is 4.82. The topological polar surface area (TPSA) is 34.4 Å². The van der Waals surface area contributed by atoms with Gasteiger partial charge in [-0.2, -0.15) is 0 Å². The van der Waals surface area contributed by atoms with E-state index in [0.29, 0.717) is 5.69 Å². The van der Waals surface area contributed by atoms with E-state index in [1.807, 2.05) is 15.8 Å². The van der Waals surface area contributed by atoms with Gasteiger partial charge in [0.1, 0.15) is 5.69 Å². The van der Waals surface area contributed by atoms with Crippen LogP contribution >= 0.6 is 22.7 Å². The van der Waals surface area contributed by atoms with Crippen LogP contribution in [0.4, 0.5) is 0 Å². The summed E-state index contributed by atoms with van der Waals surface area (Å²) in [6.07, 6.45) is 2.55. The summed E-state index contributed by atoms with van der Waals surface area (Å²) >= 11 is 3.23. The highest BCUT2D eigenvalue weighted by atomic mass is 32.1. The van der Waals surface area contributed by atoms with E-state index in [-0.39, 0.29) is 0 Å². The average molecular weight is 234 g/mol. The second-order valence-electron chi connectivity index (χ2n) is 3.03. The molecule has 0 bridgehead atoms. The van der Waals surface area contributed by atoms with Gasteiger partial charge in [-0.1, -0.05) is 6.07 Å². The number of rotatable bonds is 2. The first-order chi connectivity index (χ1) is 7.38. The lowest BCUT2D eigenvalue weighted by atomic mass is 10.4. The fourth-order valence-electron chi connectivity index (χ4n) is 1.46. The third-order valence-corrected chi connectivity index (χ3v) is 3.85. The van der Waals surface area contributed by atoms with Gasteiger partial charge in [0, 0.05) is 11.6 Å². The first-order valence-corrected chi connectivity index (χ1v) is 6.10. The molecule has 74 valence electrons. The van der Waals surface area contributed by atoms with E-state index in [9.17, 15) is 4.79 Å². The van der Waals surface area contributed by atoms with Gasteiger partial charge in [0.2, 0.25) is 0 Å². The molecule has 0 saturated carbocycles. The van der Waals surface area contributed by atoms with Crippen LogP contribution in [-0.4, -0.2) is 15.7 Å². The molecule has 15 heavy (non-hydrogen) atoms. The van der Waals surface area contributed by atoms with Crippen molar-refractivity contribution in [3.05, 3.63) is 34.8 Å². The Kier molecular flexibility index (Phi) is 1.93. The lowest BCUT2D eigenvalue weighted by Gasteiger charge is -1.92. The zero-order valence-corrected chi connectivity index (χ0v) is 9.22. The molecule has 0 fully saturated rings. The molecule has 0 spiro atoms. The fourth-order valence-corrected chi connectivity index (χ4v) is 3.15. The minimum atomic E-state index is 0.486. The first-order valence-electron chi connectivity index (χ1n) is 4.34. The van der Waals surface area contributed by atoms with E-state index in [0.717, 1.165) is 16.9 Å². The summed E-state index contributed by atoms with van der Waals surface area (Å²) in [4.78, 5) is 16.8. The largest absolute Gasteiger partial charge is 0.296 e. The molecular formula is C10H6N2OS2. The SMILES string of the molecule is O=Cc1cn2c(-c3cccs3)csc2n1. The van der Waals surface area contributed by atoms with E-state index in [4.69, 9.17) is 0 Å². The Morgan fingerprint density at radius 1 is 1.40 bits per heavy atom. The van der Waals surface area contributed by atoms with Gasteiger partial charge in [-0.3, -0.25) is 9.20 Å². The summed E-state index contributed by atoms with van der Waals surface area (Å²) in [5, 5.41) is 4.10. The van der Waals surface area contributed by atoms with Gasteiger partial charge in [0.05, 0.1) is 10.6 Å². The van der Waals surface area contributed by atoms with Gasteiger partial charge in [-0.05, 0) is 11.4 Å². The summed E-state index contributed by atoms with van der Waals surface area (Å²) in [7, 11) is 0. The molecule has 3 rings (SSSR count). The van der Waals surface area contributed by atoms with Gasteiger partial charge in [-0.25, -0.2) is 4.98 Å². The van der Waals surface area contributed by atoms with Gasteiger partial charge >= 0.3 is 0 Å². The normalized spacial score (nSPS) is 10.9. The molecule has 0 amide bonds. The Morgan fingerprint density at radius 3 is 3.07 bits per heavy atom. The van der Waals surface area contributed by atoms with Crippen LogP contribution in [0.25, 0.3) is 15.5 Å². The molecule has 3 aromatic heterocycles. The molecule has 3 aromatic rings. The van der Waals surface area contributed by atoms with Gasteiger partial charge in [0.15, 0.2) is 11.2 Å². The molecule has 0 aliphatic rings. The van der Waals surface area contributed by atoms with Crippen molar-refractivity contribution in [1.29, 1.82) is 0 Å². The van der Waals surface area contributed by atoms with Crippen molar-refractivity contribution in [3.8, 4) is 10.6 Å². The van der Waals surface area contributed by atoms with Crippen LogP contribution in [0.15, 0.2) is 29.1 Å². The highest BCUT2D eigenvalue weighted by molar-refractivity contribution is 7.16. The van der Waals surface area contributed by atoms with Crippen LogP contribution in [0.1, 0.15) is 10.5 Å². The molecule has 0 atom stereocenters. The molecule has 0 unspecified atom stereocenters. The third-order valence-electron chi connectivity index (χ3n) is 2.12. The highest BCUT2D eigenvalue weighted by Crippen LogP contribution is 2.29. The fraction of sp³-hybridized carbons (Fsp3) is 0. The van der Waals surface area contributed by atoms with E-state index in [2.05, 4.69) is 16.4 Å². The Balaban J connectivity index is 2.27. The first kappa shape index (κ1) is 8.82. The number of aldehydes is 1. The van der Waals surface area contributed by atoms with E-state index >= 15 is 0 Å². The molecule has 0 aromatic carbocycles. The van der Waals surface area contributed by atoms with Gasteiger partial charge in [0.25, 0.3) is 0 Å². The van der Waals surface area contributed by atoms with Crippen molar-refractivity contribution in [2.45, 2.75) is 0 Å². The van der Waals surface area contributed by atoms with Crippen LogP contribution in [0.5, 0.6) is 0 Å². The molecular weight excluding hydrogens is 228 g/mol. The molecule has 3 heterocycles. The Labute approximate surface area is 93.6 Å². The number of hydrogen-bond acceptors (Lipinski definition) is 4. The standard InChI is InChI=1S/C10H6N2OS2/c13-5-7-4-12-8(6-15-10(12)11-7)9-2-1-3-14-9/h1-6H. The number of aromatic nitrogens is 2. The summed E-state index contributed by atoms with van der Waals surface area (Å²) in [5.41, 5.74) is 1.59. The van der Waals surface area contributed by atoms with Gasteiger partial charge in [-0.15, -0.1) is 22.7 Å². The smallest absolute Gasteiger partial charge is 0.194 e. The number of hydrogen-bond donors (Lipinski definition) is 0. The minimum absolute atomic E-state index is 0.486. The molecule has 0 aliphatic heterocycles. The molecule has 0 aliphatic carbocycles. The summed E-state index contributed by atoms with van der Waals surface area (Å²) < 4.78 is 1.96. The predicted octanol–water partition coefficient (Wildman–Crippen LogP) is 2.94. The predicted molar refractivity (Wildman–Crippen MR) is 61.8 cm³/mol. The van der Waals surface area contributed by atoms with Crippen molar-refractivity contribution in [1.82, 2.24) is 9.38 Å². The molecule has 0 saturated heterocycles. The van der Waals surface area contributed by atoms with Crippen LogP contribution in [0.2, 0.25) is 0 Å².